The first kappa shape index (κ1) is 31.0. The Morgan fingerprint density at radius 2 is 1.56 bits per heavy atom. The molecule has 1 heterocycles. The van der Waals surface area contributed by atoms with Crippen LogP contribution >= 0.6 is 0 Å². The van der Waals surface area contributed by atoms with Crippen LogP contribution in [-0.2, 0) is 25.8 Å². The molecule has 2 aromatic rings. The lowest BCUT2D eigenvalue weighted by molar-refractivity contribution is 0.650. The monoisotopic (exact) mass is 527 g/mol. The van der Waals surface area contributed by atoms with Crippen LogP contribution in [-0.4, -0.2) is 17.0 Å². The number of allylic oxidation sites excluding steroid dienone is 6. The minimum Gasteiger partial charge on any atom is -0.316 e. The third-order valence-electron chi connectivity index (χ3n) is 8.22. The number of aryl methyl sites for hydroxylation is 3. The van der Waals surface area contributed by atoms with Gasteiger partial charge in [0.2, 0.25) is 0 Å². The van der Waals surface area contributed by atoms with Gasteiger partial charge in [-0.15, -0.1) is 0 Å². The summed E-state index contributed by atoms with van der Waals surface area (Å²) in [5, 5.41) is 3.31. The van der Waals surface area contributed by atoms with Crippen LogP contribution in [0.5, 0.6) is 0 Å². The fourth-order valence-corrected chi connectivity index (χ4v) is 6.09. The number of nitrogens with zero attached hydrogens (tertiary/aromatic N) is 2. The average molecular weight is 528 g/mol. The molecule has 0 fully saturated rings. The minimum atomic E-state index is 0.824. The number of aromatic nitrogens is 2. The predicted octanol–water partition coefficient (Wildman–Crippen LogP) is 9.57. The molecule has 1 aromatic carbocycles. The largest absolute Gasteiger partial charge is 0.316 e. The summed E-state index contributed by atoms with van der Waals surface area (Å²) >= 11 is 0. The SMILES string of the molecule is C1=CC2=C(CC1)CCCC2.CC.CCc1cccc(CC)c1-c1nc(C)c(CNC)c(CC2=CCCCC2)n1. The van der Waals surface area contributed by atoms with E-state index in [1.54, 1.807) is 16.7 Å². The standard InChI is InChI=1S/C24H33N3.C10H14.C2H6/c1-5-19-13-10-14-20(6-2)23(19)24-26-17(3)21(16-25-4)22(27-24)15-18-11-8-7-9-12-18;1-2-6-10-8-4-3-7-9(10)5-1;1-2/h10-11,13-14,25H,5-9,12,15-16H2,1-4H3;1,5H,2-4,6-8H2;1-2H3. The molecule has 0 saturated heterocycles. The molecule has 0 amide bonds. The molecule has 0 aliphatic heterocycles. The van der Waals surface area contributed by atoms with Gasteiger partial charge < -0.3 is 5.32 Å². The van der Waals surface area contributed by atoms with Crippen molar-refractivity contribution in [1.82, 2.24) is 15.3 Å². The molecule has 3 aliphatic rings. The molecule has 3 aliphatic carbocycles. The van der Waals surface area contributed by atoms with Gasteiger partial charge in [-0.05, 0) is 108 Å². The normalized spacial score (nSPS) is 16.4. The number of benzene rings is 1. The summed E-state index contributed by atoms with van der Waals surface area (Å²) in [4.78, 5) is 10.1. The minimum absolute atomic E-state index is 0.824. The van der Waals surface area contributed by atoms with Crippen molar-refractivity contribution < 1.29 is 0 Å². The van der Waals surface area contributed by atoms with E-state index in [0.29, 0.717) is 0 Å². The molecular formula is C36H53N3. The zero-order valence-corrected chi connectivity index (χ0v) is 25.8. The predicted molar refractivity (Wildman–Crippen MR) is 169 cm³/mol. The van der Waals surface area contributed by atoms with Gasteiger partial charge in [0.25, 0.3) is 0 Å². The highest BCUT2D eigenvalue weighted by molar-refractivity contribution is 5.66. The molecule has 0 radical (unpaired) electrons. The summed E-state index contributed by atoms with van der Waals surface area (Å²) < 4.78 is 0. The summed E-state index contributed by atoms with van der Waals surface area (Å²) in [6, 6.07) is 6.60. The molecule has 5 rings (SSSR count). The molecular weight excluding hydrogens is 474 g/mol. The van der Waals surface area contributed by atoms with E-state index in [-0.39, 0.29) is 0 Å². The lowest BCUT2D eigenvalue weighted by Crippen LogP contribution is -2.15. The highest BCUT2D eigenvalue weighted by Gasteiger charge is 2.18. The molecule has 39 heavy (non-hydrogen) atoms. The fraction of sp³-hybridized carbons (Fsp3) is 0.556. The van der Waals surface area contributed by atoms with Crippen molar-refractivity contribution in [3.05, 3.63) is 81.2 Å². The fourth-order valence-electron chi connectivity index (χ4n) is 6.09. The van der Waals surface area contributed by atoms with Crippen molar-refractivity contribution in [3.8, 4) is 11.4 Å². The smallest absolute Gasteiger partial charge is 0.160 e. The van der Waals surface area contributed by atoms with Crippen molar-refractivity contribution in [3.63, 3.8) is 0 Å². The van der Waals surface area contributed by atoms with Crippen LogP contribution in [0.25, 0.3) is 11.4 Å². The Hall–Kier alpha value is -2.52. The molecule has 1 N–H and O–H groups in total. The Kier molecular flexibility index (Phi) is 13.2. The topological polar surface area (TPSA) is 37.8 Å². The summed E-state index contributed by atoms with van der Waals surface area (Å²) in [5.74, 6) is 0.910. The number of rotatable bonds is 7. The van der Waals surface area contributed by atoms with E-state index in [4.69, 9.17) is 9.97 Å². The van der Waals surface area contributed by atoms with E-state index in [1.165, 1.54) is 92.2 Å². The second kappa shape index (κ2) is 16.6. The van der Waals surface area contributed by atoms with Gasteiger partial charge in [-0.2, -0.15) is 0 Å². The van der Waals surface area contributed by atoms with Crippen LogP contribution in [0.4, 0.5) is 0 Å². The molecule has 0 saturated carbocycles. The lowest BCUT2D eigenvalue weighted by Gasteiger charge is -2.20. The zero-order valence-electron chi connectivity index (χ0n) is 25.8. The van der Waals surface area contributed by atoms with E-state index in [0.717, 1.165) is 37.3 Å². The molecule has 0 spiro atoms. The number of hydrogen-bond donors (Lipinski definition) is 1. The van der Waals surface area contributed by atoms with Crippen molar-refractivity contribution in [2.75, 3.05) is 7.05 Å². The van der Waals surface area contributed by atoms with Crippen molar-refractivity contribution >= 4 is 0 Å². The third kappa shape index (κ3) is 8.48. The zero-order chi connectivity index (χ0) is 28.0. The van der Waals surface area contributed by atoms with Gasteiger partial charge >= 0.3 is 0 Å². The molecule has 0 atom stereocenters. The lowest BCUT2D eigenvalue weighted by atomic mass is 9.86. The second-order valence-electron chi connectivity index (χ2n) is 10.8. The summed E-state index contributed by atoms with van der Waals surface area (Å²) in [5.41, 5.74) is 12.5. The van der Waals surface area contributed by atoms with Gasteiger partial charge in [0, 0.05) is 29.8 Å². The molecule has 0 unspecified atom stereocenters. The summed E-state index contributed by atoms with van der Waals surface area (Å²) in [6.07, 6.45) is 23.4. The van der Waals surface area contributed by atoms with Crippen LogP contribution in [0.1, 0.15) is 120 Å². The van der Waals surface area contributed by atoms with Crippen LogP contribution < -0.4 is 5.32 Å². The molecule has 0 bridgehead atoms. The Morgan fingerprint density at radius 1 is 0.846 bits per heavy atom. The number of nitrogens with one attached hydrogen (secondary N) is 1. The van der Waals surface area contributed by atoms with Gasteiger partial charge in [0.1, 0.15) is 0 Å². The Balaban J connectivity index is 0.000000289. The highest BCUT2D eigenvalue weighted by atomic mass is 14.9. The van der Waals surface area contributed by atoms with Gasteiger partial charge in [-0.25, -0.2) is 9.97 Å². The first-order valence-corrected chi connectivity index (χ1v) is 15.8. The maximum atomic E-state index is 5.14. The van der Waals surface area contributed by atoms with Gasteiger partial charge in [0.05, 0.1) is 5.69 Å². The van der Waals surface area contributed by atoms with Crippen LogP contribution in [0.2, 0.25) is 0 Å². The van der Waals surface area contributed by atoms with E-state index >= 15 is 0 Å². The van der Waals surface area contributed by atoms with Gasteiger partial charge in [-0.1, -0.05) is 75.3 Å². The Bertz CT molecular complexity index is 1130. The summed E-state index contributed by atoms with van der Waals surface area (Å²) in [7, 11) is 2.00. The molecule has 3 nitrogen and oxygen atoms in total. The maximum Gasteiger partial charge on any atom is 0.160 e. The third-order valence-corrected chi connectivity index (χ3v) is 8.22. The van der Waals surface area contributed by atoms with Crippen molar-refractivity contribution in [2.24, 2.45) is 0 Å². The highest BCUT2D eigenvalue weighted by Crippen LogP contribution is 2.32. The van der Waals surface area contributed by atoms with Crippen molar-refractivity contribution in [2.45, 2.75) is 125 Å². The first-order valence-electron chi connectivity index (χ1n) is 15.8. The molecule has 1 aromatic heterocycles. The second-order valence-corrected chi connectivity index (χ2v) is 10.8. The van der Waals surface area contributed by atoms with Crippen molar-refractivity contribution in [1.29, 1.82) is 0 Å². The van der Waals surface area contributed by atoms with E-state index < -0.39 is 0 Å². The quantitative estimate of drug-likeness (QED) is 0.364. The maximum absolute atomic E-state index is 5.14. The van der Waals surface area contributed by atoms with Crippen LogP contribution in [0, 0.1) is 6.92 Å². The van der Waals surface area contributed by atoms with Crippen LogP contribution in [0.3, 0.4) is 0 Å². The van der Waals surface area contributed by atoms with E-state index in [2.05, 4.69) is 62.5 Å². The molecule has 212 valence electrons. The summed E-state index contributed by atoms with van der Waals surface area (Å²) in [6.45, 7) is 11.4. The Morgan fingerprint density at radius 3 is 2.21 bits per heavy atom. The van der Waals surface area contributed by atoms with E-state index in [1.807, 2.05) is 20.9 Å². The first-order chi connectivity index (χ1) is 19.1. The molecule has 3 heteroatoms. The number of hydrogen-bond acceptors (Lipinski definition) is 3. The Labute approximate surface area is 239 Å². The van der Waals surface area contributed by atoms with Gasteiger partial charge in [-0.3, -0.25) is 0 Å². The average Bonchev–Trinajstić information content (AvgIpc) is 3.00. The van der Waals surface area contributed by atoms with E-state index in [9.17, 15) is 0 Å². The van der Waals surface area contributed by atoms with Gasteiger partial charge in [0.15, 0.2) is 5.82 Å². The van der Waals surface area contributed by atoms with Crippen LogP contribution in [0.15, 0.2) is 53.1 Å².